The molecule has 0 aliphatic carbocycles. The average molecular weight is 473 g/mol. The van der Waals surface area contributed by atoms with E-state index < -0.39 is 15.9 Å². The number of rotatable bonds is 9. The average Bonchev–Trinajstić information content (AvgIpc) is 2.77. The number of nitrogens with one attached hydrogen (secondary N) is 1. The van der Waals surface area contributed by atoms with E-state index in [9.17, 15) is 13.2 Å². The van der Waals surface area contributed by atoms with E-state index in [-0.39, 0.29) is 24.6 Å². The molecule has 1 N–H and O–H groups in total. The summed E-state index contributed by atoms with van der Waals surface area (Å²) in [5.41, 5.74) is 2.11. The maximum absolute atomic E-state index is 13.4. The van der Waals surface area contributed by atoms with Crippen LogP contribution in [0.5, 0.6) is 5.75 Å². The van der Waals surface area contributed by atoms with E-state index in [2.05, 4.69) is 5.32 Å². The van der Waals surface area contributed by atoms with E-state index in [4.69, 9.17) is 16.3 Å². The maximum atomic E-state index is 13.4. The summed E-state index contributed by atoms with van der Waals surface area (Å²) in [5, 5.41) is 3.10. The molecule has 3 aromatic carbocycles. The fraction of sp³-hybridized carbons (Fsp3) is 0.208. The summed E-state index contributed by atoms with van der Waals surface area (Å²) in [4.78, 5) is 12.8. The van der Waals surface area contributed by atoms with Crippen molar-refractivity contribution in [3.8, 4) is 5.75 Å². The first-order chi connectivity index (χ1) is 15.3. The Hall–Kier alpha value is -3.03. The molecule has 0 aliphatic rings. The largest absolute Gasteiger partial charge is 0.492 e. The molecule has 0 spiro atoms. The Labute approximate surface area is 193 Å². The second kappa shape index (κ2) is 10.5. The highest BCUT2D eigenvalue weighted by Gasteiger charge is 2.28. The lowest BCUT2D eigenvalue weighted by Crippen LogP contribution is -2.42. The van der Waals surface area contributed by atoms with Gasteiger partial charge in [-0.25, -0.2) is 8.42 Å². The molecule has 0 atom stereocenters. The smallest absolute Gasteiger partial charge is 0.264 e. The van der Waals surface area contributed by atoms with Gasteiger partial charge >= 0.3 is 0 Å². The molecule has 0 aliphatic heterocycles. The first-order valence-electron chi connectivity index (χ1n) is 10.1. The van der Waals surface area contributed by atoms with Gasteiger partial charge in [-0.15, -0.1) is 0 Å². The van der Waals surface area contributed by atoms with Crippen molar-refractivity contribution in [2.45, 2.75) is 18.7 Å². The highest BCUT2D eigenvalue weighted by Crippen LogP contribution is 2.29. The third-order valence-electron chi connectivity index (χ3n) is 4.74. The first-order valence-corrected chi connectivity index (χ1v) is 11.9. The number of sulfonamides is 1. The van der Waals surface area contributed by atoms with Gasteiger partial charge in [0.15, 0.2) is 0 Å². The topological polar surface area (TPSA) is 75.7 Å². The minimum Gasteiger partial charge on any atom is -0.492 e. The van der Waals surface area contributed by atoms with Crippen molar-refractivity contribution in [3.05, 3.63) is 88.9 Å². The summed E-state index contributed by atoms with van der Waals surface area (Å²) in [7, 11) is -3.98. The zero-order valence-electron chi connectivity index (χ0n) is 17.9. The summed E-state index contributed by atoms with van der Waals surface area (Å²) in [6.07, 6.45) is 0. The molecular weight excluding hydrogens is 448 g/mol. The van der Waals surface area contributed by atoms with Crippen molar-refractivity contribution in [2.24, 2.45) is 0 Å². The number of hydrogen-bond acceptors (Lipinski definition) is 4. The zero-order valence-corrected chi connectivity index (χ0v) is 19.5. The number of nitrogens with zero attached hydrogens (tertiary/aromatic N) is 1. The number of aryl methyl sites for hydroxylation is 2. The second-order valence-electron chi connectivity index (χ2n) is 7.27. The Kier molecular flexibility index (Phi) is 7.77. The highest BCUT2D eigenvalue weighted by atomic mass is 35.5. The van der Waals surface area contributed by atoms with Crippen molar-refractivity contribution >= 4 is 33.2 Å². The van der Waals surface area contributed by atoms with Crippen molar-refractivity contribution in [1.29, 1.82) is 0 Å². The van der Waals surface area contributed by atoms with Crippen LogP contribution in [-0.2, 0) is 14.8 Å². The van der Waals surface area contributed by atoms with E-state index >= 15 is 0 Å². The van der Waals surface area contributed by atoms with Crippen LogP contribution in [0.15, 0.2) is 77.7 Å². The Morgan fingerprint density at radius 1 is 1.00 bits per heavy atom. The Balaban J connectivity index is 1.74. The number of carbonyl (C=O) groups excluding carboxylic acids is 1. The summed E-state index contributed by atoms with van der Waals surface area (Å²) in [6, 6.07) is 20.5. The van der Waals surface area contributed by atoms with Crippen LogP contribution in [-0.4, -0.2) is 34.0 Å². The number of amides is 1. The van der Waals surface area contributed by atoms with Gasteiger partial charge in [-0.1, -0.05) is 48.0 Å². The van der Waals surface area contributed by atoms with Crippen LogP contribution < -0.4 is 14.4 Å². The van der Waals surface area contributed by atoms with Crippen LogP contribution in [0.2, 0.25) is 5.02 Å². The van der Waals surface area contributed by atoms with Gasteiger partial charge in [0.25, 0.3) is 10.0 Å². The van der Waals surface area contributed by atoms with Crippen molar-refractivity contribution < 1.29 is 17.9 Å². The van der Waals surface area contributed by atoms with Gasteiger partial charge in [-0.2, -0.15) is 0 Å². The van der Waals surface area contributed by atoms with Crippen LogP contribution >= 0.6 is 11.6 Å². The number of anilines is 1. The third kappa shape index (κ3) is 6.02. The maximum Gasteiger partial charge on any atom is 0.264 e. The summed E-state index contributed by atoms with van der Waals surface area (Å²) >= 11 is 6.13. The first kappa shape index (κ1) is 23.6. The van der Waals surface area contributed by atoms with Crippen LogP contribution in [0.3, 0.4) is 0 Å². The van der Waals surface area contributed by atoms with Crippen LogP contribution in [0.25, 0.3) is 0 Å². The minimum atomic E-state index is -3.98. The number of halogens is 1. The molecular formula is C24H25ClN2O4S. The van der Waals surface area contributed by atoms with Crippen molar-refractivity contribution in [1.82, 2.24) is 5.32 Å². The van der Waals surface area contributed by atoms with Gasteiger partial charge in [0.2, 0.25) is 5.91 Å². The molecule has 32 heavy (non-hydrogen) atoms. The zero-order chi connectivity index (χ0) is 23.1. The van der Waals surface area contributed by atoms with E-state index in [1.54, 1.807) is 43.3 Å². The normalized spacial score (nSPS) is 11.1. The molecule has 0 radical (unpaired) electrons. The Morgan fingerprint density at radius 3 is 2.47 bits per heavy atom. The molecule has 1 amide bonds. The molecule has 0 unspecified atom stereocenters. The predicted molar refractivity (Wildman–Crippen MR) is 127 cm³/mol. The van der Waals surface area contributed by atoms with Crippen LogP contribution in [0, 0.1) is 13.8 Å². The van der Waals surface area contributed by atoms with E-state index in [0.29, 0.717) is 22.0 Å². The SMILES string of the molecule is Cc1cccc(OCCNC(=O)CN(c2cc(Cl)ccc2C)S(=O)(=O)c2ccccc2)c1. The number of benzene rings is 3. The molecule has 0 heterocycles. The number of carbonyl (C=O) groups is 1. The molecule has 8 heteroatoms. The molecule has 3 rings (SSSR count). The Morgan fingerprint density at radius 2 is 1.75 bits per heavy atom. The van der Waals surface area contributed by atoms with Gasteiger partial charge in [0, 0.05) is 5.02 Å². The van der Waals surface area contributed by atoms with Crippen molar-refractivity contribution in [3.63, 3.8) is 0 Å². The molecule has 0 saturated heterocycles. The standard InChI is InChI=1S/C24H25ClN2O4S/c1-18-7-6-8-21(15-18)31-14-13-26-24(28)17-27(23-16-20(25)12-11-19(23)2)32(29,30)22-9-4-3-5-10-22/h3-12,15-16H,13-14,17H2,1-2H3,(H,26,28). The molecule has 6 nitrogen and oxygen atoms in total. The molecule has 0 fully saturated rings. The quantitative estimate of drug-likeness (QED) is 0.470. The van der Waals surface area contributed by atoms with E-state index in [0.717, 1.165) is 9.87 Å². The van der Waals surface area contributed by atoms with E-state index in [1.807, 2.05) is 31.2 Å². The molecule has 0 saturated carbocycles. The molecule has 0 aromatic heterocycles. The predicted octanol–water partition coefficient (Wildman–Crippen LogP) is 4.35. The van der Waals surface area contributed by atoms with E-state index in [1.165, 1.54) is 12.1 Å². The molecule has 168 valence electrons. The summed E-state index contributed by atoms with van der Waals surface area (Å²) < 4.78 is 33.4. The van der Waals surface area contributed by atoms with Crippen LogP contribution in [0.4, 0.5) is 5.69 Å². The number of hydrogen-bond donors (Lipinski definition) is 1. The second-order valence-corrected chi connectivity index (χ2v) is 9.57. The van der Waals surface area contributed by atoms with Crippen LogP contribution in [0.1, 0.15) is 11.1 Å². The van der Waals surface area contributed by atoms with Gasteiger partial charge in [-0.3, -0.25) is 9.10 Å². The summed E-state index contributed by atoms with van der Waals surface area (Å²) in [5.74, 6) is 0.263. The van der Waals surface area contributed by atoms with Gasteiger partial charge in [-0.05, 0) is 61.4 Å². The monoisotopic (exact) mass is 472 g/mol. The minimum absolute atomic E-state index is 0.0926. The van der Waals surface area contributed by atoms with Gasteiger partial charge in [0.05, 0.1) is 17.1 Å². The lowest BCUT2D eigenvalue weighted by atomic mass is 10.2. The number of ether oxygens (including phenoxy) is 1. The third-order valence-corrected chi connectivity index (χ3v) is 6.75. The van der Waals surface area contributed by atoms with Crippen molar-refractivity contribution in [2.75, 3.05) is 24.0 Å². The lowest BCUT2D eigenvalue weighted by molar-refractivity contribution is -0.119. The van der Waals surface area contributed by atoms with Gasteiger partial charge < -0.3 is 10.1 Å². The highest BCUT2D eigenvalue weighted by molar-refractivity contribution is 7.92. The molecule has 0 bridgehead atoms. The van der Waals surface area contributed by atoms with Gasteiger partial charge in [0.1, 0.15) is 18.9 Å². The summed E-state index contributed by atoms with van der Waals surface area (Å²) in [6.45, 7) is 3.85. The fourth-order valence-electron chi connectivity index (χ4n) is 3.12. The Bertz CT molecular complexity index is 1180. The fourth-order valence-corrected chi connectivity index (χ4v) is 4.79. The lowest BCUT2D eigenvalue weighted by Gasteiger charge is -2.25. The molecule has 3 aromatic rings.